The Kier molecular flexibility index (Phi) is 5.09. The molecule has 6 heteroatoms. The average Bonchev–Trinajstić information content (AvgIpc) is 2.33. The number of ether oxygens (including phenoxy) is 2. The largest absolute Gasteiger partial charge is 0.506 e. The molecule has 1 aromatic carbocycles. The molecule has 5 nitrogen and oxygen atoms in total. The van der Waals surface area contributed by atoms with E-state index in [-0.39, 0.29) is 22.9 Å². The SMILES string of the molecule is COc1cc(CCCC(=O)O)c(O)c(Cl)c1OC. The summed E-state index contributed by atoms with van der Waals surface area (Å²) in [6.07, 6.45) is 0.846. The summed E-state index contributed by atoms with van der Waals surface area (Å²) in [5.41, 5.74) is 0.541. The minimum atomic E-state index is -0.874. The standard InChI is InChI=1S/C12H15ClO5/c1-17-8-6-7(4-3-5-9(14)15)11(16)10(13)12(8)18-2/h6,16H,3-5H2,1-2H3,(H,14,15). The second kappa shape index (κ2) is 6.35. The Hall–Kier alpha value is -1.62. The quantitative estimate of drug-likeness (QED) is 0.833. The van der Waals surface area contributed by atoms with Gasteiger partial charge < -0.3 is 19.7 Å². The van der Waals surface area contributed by atoms with Gasteiger partial charge in [0.2, 0.25) is 0 Å². The van der Waals surface area contributed by atoms with Crippen LogP contribution < -0.4 is 9.47 Å². The van der Waals surface area contributed by atoms with Crippen LogP contribution in [-0.2, 0) is 11.2 Å². The summed E-state index contributed by atoms with van der Waals surface area (Å²) >= 11 is 5.95. The fourth-order valence-electron chi connectivity index (χ4n) is 1.61. The molecule has 100 valence electrons. The number of aromatic hydroxyl groups is 1. The van der Waals surface area contributed by atoms with E-state index in [1.165, 1.54) is 14.2 Å². The highest BCUT2D eigenvalue weighted by Gasteiger charge is 2.17. The average molecular weight is 275 g/mol. The fourth-order valence-corrected chi connectivity index (χ4v) is 1.90. The molecule has 1 aromatic rings. The van der Waals surface area contributed by atoms with Crippen LogP contribution >= 0.6 is 11.6 Å². The zero-order valence-electron chi connectivity index (χ0n) is 10.2. The lowest BCUT2D eigenvalue weighted by atomic mass is 10.1. The van der Waals surface area contributed by atoms with Crippen molar-refractivity contribution in [2.24, 2.45) is 0 Å². The first-order valence-corrected chi connectivity index (χ1v) is 5.73. The van der Waals surface area contributed by atoms with Crippen LogP contribution in [0.25, 0.3) is 0 Å². The molecule has 0 heterocycles. The Morgan fingerprint density at radius 3 is 2.56 bits per heavy atom. The van der Waals surface area contributed by atoms with Crippen molar-refractivity contribution in [2.75, 3.05) is 14.2 Å². The van der Waals surface area contributed by atoms with E-state index in [0.29, 0.717) is 24.2 Å². The van der Waals surface area contributed by atoms with E-state index in [1.54, 1.807) is 6.07 Å². The highest BCUT2D eigenvalue weighted by atomic mass is 35.5. The van der Waals surface area contributed by atoms with Gasteiger partial charge >= 0.3 is 5.97 Å². The molecule has 0 amide bonds. The Labute approximate surface area is 110 Å². The molecule has 0 unspecified atom stereocenters. The maximum Gasteiger partial charge on any atom is 0.303 e. The van der Waals surface area contributed by atoms with Crippen LogP contribution in [0.4, 0.5) is 0 Å². The number of carboxylic acids is 1. The molecule has 0 aromatic heterocycles. The summed E-state index contributed by atoms with van der Waals surface area (Å²) in [7, 11) is 2.89. The first kappa shape index (κ1) is 14.4. The molecule has 0 aliphatic rings. The smallest absolute Gasteiger partial charge is 0.303 e. The van der Waals surface area contributed by atoms with Crippen LogP contribution in [0, 0.1) is 0 Å². The third-order valence-corrected chi connectivity index (χ3v) is 2.85. The van der Waals surface area contributed by atoms with Gasteiger partial charge in [0.1, 0.15) is 10.8 Å². The fraction of sp³-hybridized carbons (Fsp3) is 0.417. The molecule has 0 aliphatic heterocycles. The molecule has 18 heavy (non-hydrogen) atoms. The highest BCUT2D eigenvalue weighted by molar-refractivity contribution is 6.33. The van der Waals surface area contributed by atoms with Gasteiger partial charge in [0.25, 0.3) is 0 Å². The first-order chi connectivity index (χ1) is 8.51. The van der Waals surface area contributed by atoms with E-state index < -0.39 is 5.97 Å². The zero-order valence-corrected chi connectivity index (χ0v) is 11.0. The molecule has 0 saturated carbocycles. The molecule has 2 N–H and O–H groups in total. The molecular formula is C12H15ClO5. The first-order valence-electron chi connectivity index (χ1n) is 5.35. The number of carboxylic acid groups (broad SMARTS) is 1. The van der Waals surface area contributed by atoms with E-state index in [4.69, 9.17) is 26.2 Å². The molecule has 0 atom stereocenters. The van der Waals surface area contributed by atoms with Crippen LogP contribution in [0.2, 0.25) is 5.02 Å². The van der Waals surface area contributed by atoms with E-state index in [9.17, 15) is 9.90 Å². The van der Waals surface area contributed by atoms with Crippen molar-refractivity contribution in [1.82, 2.24) is 0 Å². The lowest BCUT2D eigenvalue weighted by molar-refractivity contribution is -0.137. The summed E-state index contributed by atoms with van der Waals surface area (Å²) in [4.78, 5) is 10.4. The Bertz CT molecular complexity index is 445. The maximum absolute atomic E-state index is 10.4. The monoisotopic (exact) mass is 274 g/mol. The number of hydrogen-bond donors (Lipinski definition) is 2. The van der Waals surface area contributed by atoms with Gasteiger partial charge in [-0.05, 0) is 24.5 Å². The third kappa shape index (κ3) is 3.20. The van der Waals surface area contributed by atoms with Gasteiger partial charge in [-0.2, -0.15) is 0 Å². The van der Waals surface area contributed by atoms with Gasteiger partial charge in [0.05, 0.1) is 14.2 Å². The van der Waals surface area contributed by atoms with E-state index in [0.717, 1.165) is 0 Å². The number of benzene rings is 1. The van der Waals surface area contributed by atoms with Crippen LogP contribution in [0.5, 0.6) is 17.2 Å². The van der Waals surface area contributed by atoms with Gasteiger partial charge in [0.15, 0.2) is 11.5 Å². The van der Waals surface area contributed by atoms with E-state index >= 15 is 0 Å². The molecule has 0 bridgehead atoms. The van der Waals surface area contributed by atoms with Gasteiger partial charge in [-0.15, -0.1) is 0 Å². The number of methoxy groups -OCH3 is 2. The lowest BCUT2D eigenvalue weighted by Crippen LogP contribution is -1.98. The van der Waals surface area contributed by atoms with Crippen molar-refractivity contribution in [2.45, 2.75) is 19.3 Å². The predicted octanol–water partition coefficient (Wildman–Crippen LogP) is 2.47. The lowest BCUT2D eigenvalue weighted by Gasteiger charge is -2.13. The van der Waals surface area contributed by atoms with Crippen LogP contribution in [0.3, 0.4) is 0 Å². The normalized spacial score (nSPS) is 10.2. The van der Waals surface area contributed by atoms with Gasteiger partial charge in [-0.3, -0.25) is 4.79 Å². The van der Waals surface area contributed by atoms with Crippen molar-refractivity contribution in [3.8, 4) is 17.2 Å². The molecule has 1 rings (SSSR count). The van der Waals surface area contributed by atoms with E-state index in [1.807, 2.05) is 0 Å². The number of halogens is 1. The minimum absolute atomic E-state index is 0.0331. The number of phenols is 1. The molecule has 0 fully saturated rings. The predicted molar refractivity (Wildman–Crippen MR) is 66.8 cm³/mol. The van der Waals surface area contributed by atoms with Crippen molar-refractivity contribution in [3.63, 3.8) is 0 Å². The third-order valence-electron chi connectivity index (χ3n) is 2.50. The van der Waals surface area contributed by atoms with Crippen molar-refractivity contribution in [1.29, 1.82) is 0 Å². The minimum Gasteiger partial charge on any atom is -0.506 e. The summed E-state index contributed by atoms with van der Waals surface area (Å²) in [6, 6.07) is 1.60. The number of carbonyl (C=O) groups is 1. The summed E-state index contributed by atoms with van der Waals surface area (Å²) < 4.78 is 10.1. The van der Waals surface area contributed by atoms with Crippen LogP contribution in [-0.4, -0.2) is 30.4 Å². The number of phenolic OH excluding ortho intramolecular Hbond substituents is 1. The Morgan fingerprint density at radius 2 is 2.06 bits per heavy atom. The molecule has 0 aliphatic carbocycles. The van der Waals surface area contributed by atoms with Crippen molar-refractivity contribution >= 4 is 17.6 Å². The zero-order chi connectivity index (χ0) is 13.7. The Morgan fingerprint density at radius 1 is 1.39 bits per heavy atom. The molecule has 0 saturated heterocycles. The summed E-state index contributed by atoms with van der Waals surface area (Å²) in [6.45, 7) is 0. The number of aliphatic carboxylic acids is 1. The van der Waals surface area contributed by atoms with Gasteiger partial charge in [-0.1, -0.05) is 11.6 Å². The number of hydrogen-bond acceptors (Lipinski definition) is 4. The summed E-state index contributed by atoms with van der Waals surface area (Å²) in [5.74, 6) is -0.301. The van der Waals surface area contributed by atoms with Gasteiger partial charge in [0, 0.05) is 6.42 Å². The second-order valence-electron chi connectivity index (χ2n) is 3.68. The van der Waals surface area contributed by atoms with Crippen LogP contribution in [0.1, 0.15) is 18.4 Å². The molecule has 0 radical (unpaired) electrons. The van der Waals surface area contributed by atoms with Crippen LogP contribution in [0.15, 0.2) is 6.07 Å². The van der Waals surface area contributed by atoms with Crippen molar-refractivity contribution < 1.29 is 24.5 Å². The molecular weight excluding hydrogens is 260 g/mol. The molecule has 0 spiro atoms. The van der Waals surface area contributed by atoms with E-state index in [2.05, 4.69) is 0 Å². The second-order valence-corrected chi connectivity index (χ2v) is 4.06. The van der Waals surface area contributed by atoms with Crippen molar-refractivity contribution in [3.05, 3.63) is 16.7 Å². The summed E-state index contributed by atoms with van der Waals surface area (Å²) in [5, 5.41) is 18.5. The maximum atomic E-state index is 10.4. The topological polar surface area (TPSA) is 76.0 Å². The Balaban J connectivity index is 2.98. The number of aryl methyl sites for hydroxylation is 1. The number of rotatable bonds is 6. The van der Waals surface area contributed by atoms with Gasteiger partial charge in [-0.25, -0.2) is 0 Å². The highest BCUT2D eigenvalue weighted by Crippen LogP contribution is 2.43.